The summed E-state index contributed by atoms with van der Waals surface area (Å²) in [5, 5.41) is 11.0. The van der Waals surface area contributed by atoms with Crippen LogP contribution in [0.2, 0.25) is 0 Å². The molecule has 7 nitrogen and oxygen atoms in total. The van der Waals surface area contributed by atoms with E-state index in [4.69, 9.17) is 14.2 Å². The molecule has 0 amide bonds. The van der Waals surface area contributed by atoms with Gasteiger partial charge in [-0.2, -0.15) is 0 Å². The number of benzene rings is 2. The summed E-state index contributed by atoms with van der Waals surface area (Å²) in [6, 6.07) is 8.47. The third kappa shape index (κ3) is 2.63. The van der Waals surface area contributed by atoms with Gasteiger partial charge in [0.2, 0.25) is 11.2 Å². The third-order valence-corrected chi connectivity index (χ3v) is 3.98. The van der Waals surface area contributed by atoms with Crippen LogP contribution in [-0.4, -0.2) is 29.9 Å². The lowest BCUT2D eigenvalue weighted by Crippen LogP contribution is -2.15. The maximum absolute atomic E-state index is 12.9. The number of para-hydroxylation sites is 1. The number of phenolic OH excluding ortho intramolecular Hbond substituents is 1. The van der Waals surface area contributed by atoms with Gasteiger partial charge in [-0.05, 0) is 12.1 Å². The van der Waals surface area contributed by atoms with Crippen molar-refractivity contribution in [1.82, 2.24) is 4.57 Å². The summed E-state index contributed by atoms with van der Waals surface area (Å²) in [6.45, 7) is 1.19. The minimum absolute atomic E-state index is 0.0708. The van der Waals surface area contributed by atoms with E-state index in [2.05, 4.69) is 0 Å². The number of nitrogens with zero attached hydrogens (tertiary/aromatic N) is 1. The monoisotopic (exact) mass is 343 g/mol. The first kappa shape index (κ1) is 16.6. The van der Waals surface area contributed by atoms with Crippen LogP contribution in [0.25, 0.3) is 21.8 Å². The van der Waals surface area contributed by atoms with E-state index in [-0.39, 0.29) is 34.8 Å². The van der Waals surface area contributed by atoms with Crippen molar-refractivity contribution >= 4 is 27.8 Å². The number of carbonyl (C=O) groups is 1. The Balaban J connectivity index is 2.50. The van der Waals surface area contributed by atoms with Crippen LogP contribution < -0.4 is 14.9 Å². The number of hydrogen-bond acceptors (Lipinski definition) is 6. The fourth-order valence-corrected chi connectivity index (χ4v) is 2.86. The van der Waals surface area contributed by atoms with Crippen LogP contribution in [0.15, 0.2) is 35.1 Å². The summed E-state index contributed by atoms with van der Waals surface area (Å²) in [5.74, 6) is -0.440. The molecule has 0 fully saturated rings. The summed E-state index contributed by atoms with van der Waals surface area (Å²) >= 11 is 0. The molecule has 130 valence electrons. The lowest BCUT2D eigenvalue weighted by atomic mass is 10.1. The second-order valence-electron chi connectivity index (χ2n) is 5.39. The Hall–Kier alpha value is -3.22. The van der Waals surface area contributed by atoms with E-state index in [1.165, 1.54) is 21.1 Å². The van der Waals surface area contributed by atoms with Gasteiger partial charge in [-0.3, -0.25) is 9.59 Å². The van der Waals surface area contributed by atoms with Gasteiger partial charge in [-0.1, -0.05) is 12.1 Å². The molecule has 3 aromatic rings. The highest BCUT2D eigenvalue weighted by Crippen LogP contribution is 2.42. The van der Waals surface area contributed by atoms with Gasteiger partial charge in [0.05, 0.1) is 30.6 Å². The second kappa shape index (κ2) is 6.35. The van der Waals surface area contributed by atoms with Gasteiger partial charge in [0.25, 0.3) is 0 Å². The van der Waals surface area contributed by atoms with E-state index in [9.17, 15) is 14.7 Å². The van der Waals surface area contributed by atoms with Crippen molar-refractivity contribution in [2.45, 2.75) is 13.7 Å². The van der Waals surface area contributed by atoms with Crippen molar-refractivity contribution in [1.29, 1.82) is 0 Å². The number of aromatic nitrogens is 1. The maximum atomic E-state index is 12.9. The van der Waals surface area contributed by atoms with Crippen LogP contribution >= 0.6 is 0 Å². The Morgan fingerprint density at radius 1 is 1.16 bits per heavy atom. The summed E-state index contributed by atoms with van der Waals surface area (Å²) in [7, 11) is 2.81. The van der Waals surface area contributed by atoms with Crippen LogP contribution in [0.4, 0.5) is 0 Å². The molecule has 0 saturated heterocycles. The molecule has 0 bridgehead atoms. The van der Waals surface area contributed by atoms with Crippen molar-refractivity contribution in [2.75, 3.05) is 14.2 Å². The highest BCUT2D eigenvalue weighted by molar-refractivity contribution is 5.99. The number of aromatic hydroxyl groups is 1. The van der Waals surface area contributed by atoms with Crippen LogP contribution in [0.1, 0.15) is 6.92 Å². The van der Waals surface area contributed by atoms with Crippen molar-refractivity contribution in [3.63, 3.8) is 0 Å². The minimum atomic E-state index is -0.458. The first-order valence-corrected chi connectivity index (χ1v) is 7.52. The van der Waals surface area contributed by atoms with E-state index in [1.54, 1.807) is 34.9 Å². The van der Waals surface area contributed by atoms with E-state index in [0.29, 0.717) is 16.4 Å². The number of esters is 1. The highest BCUT2D eigenvalue weighted by Gasteiger charge is 2.21. The van der Waals surface area contributed by atoms with Crippen molar-refractivity contribution in [2.24, 2.45) is 0 Å². The molecule has 0 spiro atoms. The number of pyridine rings is 1. The molecule has 1 heterocycles. The van der Waals surface area contributed by atoms with Crippen molar-refractivity contribution in [3.05, 3.63) is 40.6 Å². The molecular weight excluding hydrogens is 326 g/mol. The summed E-state index contributed by atoms with van der Waals surface area (Å²) in [6.07, 6.45) is 0. The average Bonchev–Trinajstić information content (AvgIpc) is 2.60. The third-order valence-electron chi connectivity index (χ3n) is 3.98. The average molecular weight is 343 g/mol. The molecule has 0 aliphatic carbocycles. The Kier molecular flexibility index (Phi) is 4.22. The van der Waals surface area contributed by atoms with E-state index >= 15 is 0 Å². The Morgan fingerprint density at radius 2 is 1.88 bits per heavy atom. The zero-order valence-electron chi connectivity index (χ0n) is 14.0. The topological polar surface area (TPSA) is 87.0 Å². The molecule has 25 heavy (non-hydrogen) atoms. The van der Waals surface area contributed by atoms with Crippen LogP contribution in [0, 0.1) is 0 Å². The van der Waals surface area contributed by atoms with Crippen molar-refractivity contribution < 1.29 is 24.1 Å². The molecule has 0 saturated carbocycles. The maximum Gasteiger partial charge on any atom is 0.304 e. The van der Waals surface area contributed by atoms with Gasteiger partial charge >= 0.3 is 5.97 Å². The summed E-state index contributed by atoms with van der Waals surface area (Å²) in [4.78, 5) is 24.1. The van der Waals surface area contributed by atoms with Crippen LogP contribution in [0.5, 0.6) is 17.2 Å². The van der Waals surface area contributed by atoms with Gasteiger partial charge in [-0.25, -0.2) is 0 Å². The normalized spacial score (nSPS) is 10.8. The van der Waals surface area contributed by atoms with Gasteiger partial charge < -0.3 is 23.9 Å². The smallest absolute Gasteiger partial charge is 0.304 e. The van der Waals surface area contributed by atoms with E-state index < -0.39 is 5.97 Å². The van der Waals surface area contributed by atoms with Crippen molar-refractivity contribution in [3.8, 4) is 17.2 Å². The largest absolute Gasteiger partial charge is 0.504 e. The highest BCUT2D eigenvalue weighted by atomic mass is 16.5. The number of carbonyl (C=O) groups excluding carboxylic acids is 1. The minimum Gasteiger partial charge on any atom is -0.504 e. The zero-order valence-corrected chi connectivity index (χ0v) is 14.0. The van der Waals surface area contributed by atoms with Gasteiger partial charge in [0.1, 0.15) is 0 Å². The van der Waals surface area contributed by atoms with E-state index in [0.717, 1.165) is 0 Å². The van der Waals surface area contributed by atoms with Gasteiger partial charge in [0, 0.05) is 18.4 Å². The molecule has 0 atom stereocenters. The zero-order chi connectivity index (χ0) is 18.1. The molecule has 3 rings (SSSR count). The lowest BCUT2D eigenvalue weighted by molar-refractivity contribution is -0.144. The predicted octanol–water partition coefficient (Wildman–Crippen LogP) is 2.40. The number of rotatable bonds is 4. The fourth-order valence-electron chi connectivity index (χ4n) is 2.86. The van der Waals surface area contributed by atoms with Crippen LogP contribution in [-0.2, 0) is 16.3 Å². The molecule has 1 N–H and O–H groups in total. The molecule has 0 aliphatic heterocycles. The number of phenols is 1. The SMILES string of the molecule is COc1cc2c(c(O)c1OC)c(=O)c1ccccc1n2COC(C)=O. The molecule has 2 aromatic carbocycles. The lowest BCUT2D eigenvalue weighted by Gasteiger charge is -2.18. The molecule has 0 radical (unpaired) electrons. The molecule has 1 aromatic heterocycles. The quantitative estimate of drug-likeness (QED) is 0.578. The molecule has 7 heteroatoms. The molecule has 0 unspecified atom stereocenters. The molecular formula is C18H17NO6. The van der Waals surface area contributed by atoms with E-state index in [1.807, 2.05) is 0 Å². The first-order chi connectivity index (χ1) is 12.0. The standard InChI is InChI=1S/C18H17NO6/c1-10(20)25-9-19-12-7-5-4-6-11(12)16(21)15-13(19)8-14(23-2)18(24-3)17(15)22/h4-8,22H,9H2,1-3H3. The second-order valence-corrected chi connectivity index (χ2v) is 5.39. The van der Waals surface area contributed by atoms with Gasteiger partial charge in [-0.15, -0.1) is 0 Å². The Bertz CT molecular complexity index is 1040. The fraction of sp³-hybridized carbons (Fsp3) is 0.222. The Morgan fingerprint density at radius 3 is 2.52 bits per heavy atom. The predicted molar refractivity (Wildman–Crippen MR) is 92.2 cm³/mol. The number of fused-ring (bicyclic) bond motifs is 2. The first-order valence-electron chi connectivity index (χ1n) is 7.52. The Labute approximate surface area is 143 Å². The number of methoxy groups -OCH3 is 2. The summed E-state index contributed by atoms with van der Waals surface area (Å²) < 4.78 is 17.2. The number of ether oxygens (including phenoxy) is 3. The van der Waals surface area contributed by atoms with Gasteiger partial charge in [0.15, 0.2) is 18.2 Å². The number of hydrogen-bond donors (Lipinski definition) is 1. The molecule has 0 aliphatic rings. The summed E-state index contributed by atoms with van der Waals surface area (Å²) in [5.41, 5.74) is 0.607. The van der Waals surface area contributed by atoms with Crippen LogP contribution in [0.3, 0.4) is 0 Å².